The van der Waals surface area contributed by atoms with Crippen LogP contribution in [-0.2, 0) is 14.4 Å². The monoisotopic (exact) mass is 230 g/mol. The van der Waals surface area contributed by atoms with E-state index in [1.807, 2.05) is 13.8 Å². The molecule has 6 heteroatoms. The van der Waals surface area contributed by atoms with Gasteiger partial charge in [-0.2, -0.15) is 0 Å². The second kappa shape index (κ2) is 7.67. The first kappa shape index (κ1) is 14.4. The van der Waals surface area contributed by atoms with E-state index in [1.165, 1.54) is 0 Å². The molecule has 3 N–H and O–H groups in total. The molecule has 0 spiro atoms. The van der Waals surface area contributed by atoms with Crippen LogP contribution in [0, 0.1) is 11.8 Å². The molecular formula is C10H18N2O4. The van der Waals surface area contributed by atoms with Gasteiger partial charge in [0.25, 0.3) is 0 Å². The molecular weight excluding hydrogens is 212 g/mol. The molecule has 0 aromatic carbocycles. The molecule has 2 amide bonds. The molecule has 1 unspecified atom stereocenters. The van der Waals surface area contributed by atoms with Gasteiger partial charge in [-0.25, -0.2) is 0 Å². The minimum Gasteiger partial charge on any atom is -0.480 e. The minimum absolute atomic E-state index is 0.229. The van der Waals surface area contributed by atoms with Gasteiger partial charge in [-0.15, -0.1) is 0 Å². The first-order chi connectivity index (χ1) is 7.47. The second-order valence-corrected chi connectivity index (χ2v) is 3.96. The molecule has 92 valence electrons. The number of amides is 2. The average Bonchev–Trinajstić information content (AvgIpc) is 2.20. The van der Waals surface area contributed by atoms with Crippen LogP contribution in [0.3, 0.4) is 0 Å². The highest BCUT2D eigenvalue weighted by Gasteiger charge is 2.19. The zero-order chi connectivity index (χ0) is 12.6. The summed E-state index contributed by atoms with van der Waals surface area (Å²) in [6, 6.07) is 0. The summed E-state index contributed by atoms with van der Waals surface area (Å²) in [7, 11) is 0. The van der Waals surface area contributed by atoms with E-state index in [0.29, 0.717) is 18.7 Å². The van der Waals surface area contributed by atoms with Crippen LogP contribution >= 0.6 is 0 Å². The summed E-state index contributed by atoms with van der Waals surface area (Å²) in [6.07, 6.45) is 1.13. The quantitative estimate of drug-likeness (QED) is 0.494. The summed E-state index contributed by atoms with van der Waals surface area (Å²) in [5.74, 6) is -1.51. The molecule has 0 heterocycles. The maximum Gasteiger partial charge on any atom is 0.322 e. The maximum atomic E-state index is 11.6. The van der Waals surface area contributed by atoms with Gasteiger partial charge in [0.05, 0.1) is 5.92 Å². The molecule has 6 nitrogen and oxygen atoms in total. The smallest absolute Gasteiger partial charge is 0.322 e. The molecule has 16 heavy (non-hydrogen) atoms. The van der Waals surface area contributed by atoms with Gasteiger partial charge < -0.3 is 15.7 Å². The molecule has 0 aliphatic carbocycles. The first-order valence-electron chi connectivity index (χ1n) is 5.14. The number of carbonyl (C=O) groups excluding carboxylic acids is 2. The third-order valence-corrected chi connectivity index (χ3v) is 1.99. The van der Waals surface area contributed by atoms with Crippen LogP contribution in [0.1, 0.15) is 20.3 Å². The van der Waals surface area contributed by atoms with Crippen molar-refractivity contribution in [2.45, 2.75) is 20.3 Å². The summed E-state index contributed by atoms with van der Waals surface area (Å²) in [4.78, 5) is 32.0. The SMILES string of the molecule is CC(C)CC(CNC=O)C(=O)NCC(=O)O. The Morgan fingerprint density at radius 1 is 1.38 bits per heavy atom. The Hall–Kier alpha value is -1.59. The molecule has 0 radical (unpaired) electrons. The molecule has 0 fully saturated rings. The molecule has 0 aliphatic heterocycles. The molecule has 0 saturated heterocycles. The van der Waals surface area contributed by atoms with Crippen LogP contribution in [0.2, 0.25) is 0 Å². The zero-order valence-electron chi connectivity index (χ0n) is 9.53. The normalized spacial score (nSPS) is 11.9. The molecule has 0 bridgehead atoms. The van der Waals surface area contributed by atoms with E-state index in [4.69, 9.17) is 5.11 Å². The largest absolute Gasteiger partial charge is 0.480 e. The van der Waals surface area contributed by atoms with Crippen molar-refractivity contribution in [3.8, 4) is 0 Å². The van der Waals surface area contributed by atoms with E-state index in [-0.39, 0.29) is 18.4 Å². The summed E-state index contributed by atoms with van der Waals surface area (Å²) in [6.45, 7) is 3.75. The van der Waals surface area contributed by atoms with E-state index in [0.717, 1.165) is 0 Å². The molecule has 0 aromatic rings. The van der Waals surface area contributed by atoms with Gasteiger partial charge in [0.15, 0.2) is 0 Å². The Balaban J connectivity index is 4.19. The van der Waals surface area contributed by atoms with Crippen LogP contribution in [0.4, 0.5) is 0 Å². The lowest BCUT2D eigenvalue weighted by Gasteiger charge is -2.17. The second-order valence-electron chi connectivity index (χ2n) is 3.96. The van der Waals surface area contributed by atoms with Crippen molar-refractivity contribution in [3.63, 3.8) is 0 Å². The number of hydrogen-bond acceptors (Lipinski definition) is 3. The van der Waals surface area contributed by atoms with Crippen molar-refractivity contribution < 1.29 is 19.5 Å². The van der Waals surface area contributed by atoms with E-state index < -0.39 is 12.5 Å². The number of hydrogen-bond donors (Lipinski definition) is 3. The first-order valence-corrected chi connectivity index (χ1v) is 5.14. The highest BCUT2D eigenvalue weighted by Crippen LogP contribution is 2.10. The summed E-state index contributed by atoms with van der Waals surface area (Å²) in [5, 5.41) is 13.2. The summed E-state index contributed by atoms with van der Waals surface area (Å²) < 4.78 is 0. The van der Waals surface area contributed by atoms with Crippen molar-refractivity contribution in [1.82, 2.24) is 10.6 Å². The standard InChI is InChI=1S/C10H18N2O4/c1-7(2)3-8(4-11-6-13)10(16)12-5-9(14)15/h6-8H,3-5H2,1-2H3,(H,11,13)(H,12,16)(H,14,15). The van der Waals surface area contributed by atoms with Crippen molar-refractivity contribution in [1.29, 1.82) is 0 Å². The number of aliphatic carboxylic acids is 1. The third-order valence-electron chi connectivity index (χ3n) is 1.99. The molecule has 0 aliphatic rings. The van der Waals surface area contributed by atoms with E-state index >= 15 is 0 Å². The van der Waals surface area contributed by atoms with Crippen LogP contribution in [0.15, 0.2) is 0 Å². The number of carboxylic acid groups (broad SMARTS) is 1. The molecule has 0 aromatic heterocycles. The van der Waals surface area contributed by atoms with E-state index in [1.54, 1.807) is 0 Å². The topological polar surface area (TPSA) is 95.5 Å². The fourth-order valence-electron chi connectivity index (χ4n) is 1.35. The average molecular weight is 230 g/mol. The lowest BCUT2D eigenvalue weighted by molar-refractivity contribution is -0.138. The van der Waals surface area contributed by atoms with Crippen LogP contribution < -0.4 is 10.6 Å². The van der Waals surface area contributed by atoms with Gasteiger partial charge in [0.2, 0.25) is 12.3 Å². The Morgan fingerprint density at radius 3 is 2.44 bits per heavy atom. The Morgan fingerprint density at radius 2 is 2.00 bits per heavy atom. The van der Waals surface area contributed by atoms with Crippen molar-refractivity contribution in [2.24, 2.45) is 11.8 Å². The van der Waals surface area contributed by atoms with Crippen molar-refractivity contribution in [2.75, 3.05) is 13.1 Å². The van der Waals surface area contributed by atoms with Gasteiger partial charge in [-0.3, -0.25) is 14.4 Å². The Kier molecular flexibility index (Phi) is 6.91. The van der Waals surface area contributed by atoms with Gasteiger partial charge in [-0.1, -0.05) is 13.8 Å². The number of nitrogens with one attached hydrogen (secondary N) is 2. The number of carboxylic acids is 1. The zero-order valence-corrected chi connectivity index (χ0v) is 9.53. The predicted molar refractivity (Wildman–Crippen MR) is 57.7 cm³/mol. The third kappa shape index (κ3) is 6.80. The van der Waals surface area contributed by atoms with Gasteiger partial charge >= 0.3 is 5.97 Å². The minimum atomic E-state index is -1.08. The fourth-order valence-corrected chi connectivity index (χ4v) is 1.35. The fraction of sp³-hybridized carbons (Fsp3) is 0.700. The Labute approximate surface area is 94.4 Å². The van der Waals surface area contributed by atoms with Gasteiger partial charge in [-0.05, 0) is 12.3 Å². The van der Waals surface area contributed by atoms with E-state index in [2.05, 4.69) is 10.6 Å². The highest BCUT2D eigenvalue weighted by molar-refractivity contribution is 5.83. The van der Waals surface area contributed by atoms with Crippen LogP contribution in [0.5, 0.6) is 0 Å². The van der Waals surface area contributed by atoms with Crippen molar-refractivity contribution >= 4 is 18.3 Å². The lowest BCUT2D eigenvalue weighted by Crippen LogP contribution is -2.39. The van der Waals surface area contributed by atoms with Crippen LogP contribution in [0.25, 0.3) is 0 Å². The summed E-state index contributed by atoms with van der Waals surface area (Å²) >= 11 is 0. The van der Waals surface area contributed by atoms with Gasteiger partial charge in [0.1, 0.15) is 6.54 Å². The van der Waals surface area contributed by atoms with Crippen LogP contribution in [-0.4, -0.2) is 36.5 Å². The highest BCUT2D eigenvalue weighted by atomic mass is 16.4. The Bertz CT molecular complexity index is 253. The summed E-state index contributed by atoms with van der Waals surface area (Å²) in [5.41, 5.74) is 0. The van der Waals surface area contributed by atoms with Gasteiger partial charge in [0, 0.05) is 6.54 Å². The lowest BCUT2D eigenvalue weighted by atomic mass is 9.96. The number of rotatable bonds is 8. The van der Waals surface area contributed by atoms with Crippen molar-refractivity contribution in [3.05, 3.63) is 0 Å². The predicted octanol–water partition coefficient (Wildman–Crippen LogP) is -0.404. The molecule has 1 atom stereocenters. The van der Waals surface area contributed by atoms with E-state index in [9.17, 15) is 14.4 Å². The molecule has 0 rings (SSSR count). The molecule has 0 saturated carbocycles. The number of carbonyl (C=O) groups is 3. The maximum absolute atomic E-state index is 11.6.